The van der Waals surface area contributed by atoms with E-state index in [1.54, 1.807) is 20.3 Å². The van der Waals surface area contributed by atoms with Gasteiger partial charge in [-0.25, -0.2) is 0 Å². The van der Waals surface area contributed by atoms with Gasteiger partial charge in [0.25, 0.3) is 11.8 Å². The molecule has 3 aromatic rings. The lowest BCUT2D eigenvalue weighted by Gasteiger charge is -2.32. The van der Waals surface area contributed by atoms with Crippen LogP contribution < -0.4 is 4.74 Å². The van der Waals surface area contributed by atoms with Crippen LogP contribution in [0.3, 0.4) is 0 Å². The Morgan fingerprint density at radius 3 is 2.91 bits per heavy atom. The molecule has 0 bridgehead atoms. The molecule has 1 atom stereocenters. The number of ether oxygens (including phenoxy) is 3. The fraction of sp³-hybridized carbons (Fsp3) is 0.455. The molecule has 0 spiro atoms. The second-order valence-electron chi connectivity index (χ2n) is 7.57. The lowest BCUT2D eigenvalue weighted by molar-refractivity contribution is 0.00232. The number of H-pyrrole nitrogens is 1. The third-order valence-corrected chi connectivity index (χ3v) is 5.32. The standard InChI is InChI=1S/C22H27N5O5/c1-29-14-21-23-20(26-32-21)9-11-31-17-4-3-10-27(13-17)22(28)19-12-18(24-25-19)15-5-7-16(30-2)8-6-15/h5-8,12,17H,3-4,9-11,13-14H2,1-2H3,(H,24,25). The van der Waals surface area contributed by atoms with E-state index in [2.05, 4.69) is 20.3 Å². The lowest BCUT2D eigenvalue weighted by Crippen LogP contribution is -2.43. The Bertz CT molecular complexity index is 1020. The number of hydrogen-bond acceptors (Lipinski definition) is 8. The van der Waals surface area contributed by atoms with Gasteiger partial charge in [0.05, 0.1) is 25.5 Å². The number of nitrogens with zero attached hydrogens (tertiary/aromatic N) is 4. The molecule has 1 unspecified atom stereocenters. The molecule has 3 heterocycles. The van der Waals surface area contributed by atoms with Crippen molar-refractivity contribution in [3.63, 3.8) is 0 Å². The van der Waals surface area contributed by atoms with Crippen molar-refractivity contribution in [1.29, 1.82) is 0 Å². The molecule has 1 aromatic carbocycles. The van der Waals surface area contributed by atoms with E-state index in [1.165, 1.54) is 0 Å². The molecule has 10 nitrogen and oxygen atoms in total. The van der Waals surface area contributed by atoms with Crippen LogP contribution in [0.1, 0.15) is 35.0 Å². The third kappa shape index (κ3) is 5.32. The lowest BCUT2D eigenvalue weighted by atomic mass is 10.1. The highest BCUT2D eigenvalue weighted by atomic mass is 16.5. The van der Waals surface area contributed by atoms with Crippen molar-refractivity contribution in [1.82, 2.24) is 25.2 Å². The average molecular weight is 441 g/mol. The first kappa shape index (κ1) is 22.0. The van der Waals surface area contributed by atoms with Crippen LogP contribution in [0, 0.1) is 0 Å². The number of carbonyl (C=O) groups is 1. The Morgan fingerprint density at radius 1 is 1.28 bits per heavy atom. The summed E-state index contributed by atoms with van der Waals surface area (Å²) in [5, 5.41) is 11.1. The molecule has 170 valence electrons. The Kier molecular flexibility index (Phi) is 7.13. The molecule has 1 aliphatic rings. The number of hydrogen-bond donors (Lipinski definition) is 1. The second kappa shape index (κ2) is 10.4. The summed E-state index contributed by atoms with van der Waals surface area (Å²) in [5.41, 5.74) is 2.10. The van der Waals surface area contributed by atoms with Crippen LogP contribution in [0.4, 0.5) is 0 Å². The first-order chi connectivity index (χ1) is 15.7. The molecular formula is C22H27N5O5. The number of methoxy groups -OCH3 is 2. The highest BCUT2D eigenvalue weighted by molar-refractivity contribution is 5.93. The molecule has 1 N–H and O–H groups in total. The van der Waals surface area contributed by atoms with E-state index >= 15 is 0 Å². The van der Waals surface area contributed by atoms with E-state index in [0.717, 1.165) is 24.2 Å². The molecule has 1 fully saturated rings. The summed E-state index contributed by atoms with van der Waals surface area (Å²) in [4.78, 5) is 19.0. The molecule has 0 aliphatic carbocycles. The van der Waals surface area contributed by atoms with Gasteiger partial charge < -0.3 is 23.6 Å². The number of aromatic amines is 1. The number of benzene rings is 1. The molecule has 1 saturated heterocycles. The minimum absolute atomic E-state index is 0.0259. The van der Waals surface area contributed by atoms with Gasteiger partial charge >= 0.3 is 0 Å². The average Bonchev–Trinajstić information content (AvgIpc) is 3.49. The van der Waals surface area contributed by atoms with E-state index < -0.39 is 0 Å². The van der Waals surface area contributed by atoms with Crippen LogP contribution in [0.15, 0.2) is 34.9 Å². The van der Waals surface area contributed by atoms with Crippen LogP contribution in [0.5, 0.6) is 5.75 Å². The maximum Gasteiger partial charge on any atom is 0.271 e. The summed E-state index contributed by atoms with van der Waals surface area (Å²) in [6.45, 7) is 1.99. The van der Waals surface area contributed by atoms with Crippen molar-refractivity contribution in [2.45, 2.75) is 32.0 Å². The Hall–Kier alpha value is -3.24. The monoisotopic (exact) mass is 441 g/mol. The molecule has 32 heavy (non-hydrogen) atoms. The van der Waals surface area contributed by atoms with Crippen LogP contribution in [0.2, 0.25) is 0 Å². The van der Waals surface area contributed by atoms with Crippen LogP contribution >= 0.6 is 0 Å². The van der Waals surface area contributed by atoms with Gasteiger partial charge in [-0.15, -0.1) is 0 Å². The molecule has 1 amide bonds. The maximum absolute atomic E-state index is 13.0. The Balaban J connectivity index is 1.29. The number of carbonyl (C=O) groups excluding carboxylic acids is 1. The molecular weight excluding hydrogens is 414 g/mol. The smallest absolute Gasteiger partial charge is 0.271 e. The van der Waals surface area contributed by atoms with Gasteiger partial charge in [-0.05, 0) is 43.2 Å². The molecule has 4 rings (SSSR count). The zero-order valence-corrected chi connectivity index (χ0v) is 18.2. The first-order valence-corrected chi connectivity index (χ1v) is 10.6. The van der Waals surface area contributed by atoms with Gasteiger partial charge in [0.1, 0.15) is 18.1 Å². The van der Waals surface area contributed by atoms with Gasteiger partial charge in [-0.2, -0.15) is 10.1 Å². The topological polar surface area (TPSA) is 116 Å². The molecule has 0 saturated carbocycles. The van der Waals surface area contributed by atoms with E-state index in [-0.39, 0.29) is 12.0 Å². The van der Waals surface area contributed by atoms with Gasteiger partial charge in [0.15, 0.2) is 5.82 Å². The molecule has 2 aromatic heterocycles. The second-order valence-corrected chi connectivity index (χ2v) is 7.57. The number of amides is 1. The van der Waals surface area contributed by atoms with E-state index in [9.17, 15) is 4.79 Å². The molecule has 1 aliphatic heterocycles. The largest absolute Gasteiger partial charge is 0.497 e. The third-order valence-electron chi connectivity index (χ3n) is 5.32. The Morgan fingerprint density at radius 2 is 2.12 bits per heavy atom. The van der Waals surface area contributed by atoms with Gasteiger partial charge in [0, 0.05) is 32.2 Å². The highest BCUT2D eigenvalue weighted by Crippen LogP contribution is 2.22. The van der Waals surface area contributed by atoms with Crippen LogP contribution in [-0.4, -0.2) is 71.2 Å². The SMILES string of the molecule is COCc1nc(CCOC2CCCN(C(=O)c3cc(-c4ccc(OC)cc4)n[nH]3)C2)no1. The van der Waals surface area contributed by atoms with Gasteiger partial charge in [-0.1, -0.05) is 5.16 Å². The normalized spacial score (nSPS) is 16.3. The number of nitrogens with one attached hydrogen (secondary N) is 1. The predicted molar refractivity (Wildman–Crippen MR) is 114 cm³/mol. The van der Waals surface area contributed by atoms with Crippen molar-refractivity contribution >= 4 is 5.91 Å². The molecule has 10 heteroatoms. The summed E-state index contributed by atoms with van der Waals surface area (Å²) in [7, 11) is 3.20. The minimum atomic E-state index is -0.0760. The zero-order chi connectivity index (χ0) is 22.3. The zero-order valence-electron chi connectivity index (χ0n) is 18.2. The highest BCUT2D eigenvalue weighted by Gasteiger charge is 2.26. The Labute approximate surface area is 185 Å². The van der Waals surface area contributed by atoms with Crippen LogP contribution in [0.25, 0.3) is 11.3 Å². The minimum Gasteiger partial charge on any atom is -0.497 e. The summed E-state index contributed by atoms with van der Waals surface area (Å²) >= 11 is 0. The van der Waals surface area contributed by atoms with Crippen molar-refractivity contribution in [2.24, 2.45) is 0 Å². The summed E-state index contributed by atoms with van der Waals surface area (Å²) in [6, 6.07) is 9.34. The number of rotatable bonds is 9. The quantitative estimate of drug-likeness (QED) is 0.538. The first-order valence-electron chi connectivity index (χ1n) is 10.6. The fourth-order valence-electron chi connectivity index (χ4n) is 3.66. The number of aromatic nitrogens is 4. The fourth-order valence-corrected chi connectivity index (χ4v) is 3.66. The van der Waals surface area contributed by atoms with Crippen molar-refractivity contribution in [3.05, 3.63) is 47.7 Å². The number of likely N-dealkylation sites (tertiary alicyclic amines) is 1. The van der Waals surface area contributed by atoms with Crippen molar-refractivity contribution in [2.75, 3.05) is 33.9 Å². The number of piperidine rings is 1. The predicted octanol–water partition coefficient (Wildman–Crippen LogP) is 2.48. The van der Waals surface area contributed by atoms with E-state index in [4.69, 9.17) is 18.7 Å². The van der Waals surface area contributed by atoms with Crippen LogP contribution in [-0.2, 0) is 22.5 Å². The summed E-state index contributed by atoms with van der Waals surface area (Å²) in [6.07, 6.45) is 2.31. The summed E-state index contributed by atoms with van der Waals surface area (Å²) in [5.74, 6) is 1.73. The molecule has 0 radical (unpaired) electrons. The summed E-state index contributed by atoms with van der Waals surface area (Å²) < 4.78 is 21.2. The van der Waals surface area contributed by atoms with Crippen molar-refractivity contribution < 1.29 is 23.5 Å². The van der Waals surface area contributed by atoms with Crippen molar-refractivity contribution in [3.8, 4) is 17.0 Å². The van der Waals surface area contributed by atoms with Gasteiger partial charge in [0.2, 0.25) is 0 Å². The van der Waals surface area contributed by atoms with E-state index in [0.29, 0.717) is 55.8 Å². The van der Waals surface area contributed by atoms with Gasteiger partial charge in [-0.3, -0.25) is 9.89 Å². The maximum atomic E-state index is 13.0. The van der Waals surface area contributed by atoms with E-state index in [1.807, 2.05) is 29.2 Å².